The number of aromatic amines is 1. The van der Waals surface area contributed by atoms with Crippen molar-refractivity contribution < 1.29 is 9.18 Å². The number of carbonyl (C=O) groups excluding carboxylic acids is 1. The van der Waals surface area contributed by atoms with Crippen LogP contribution < -0.4 is 4.90 Å². The Morgan fingerprint density at radius 3 is 2.79 bits per heavy atom. The van der Waals surface area contributed by atoms with Gasteiger partial charge in [-0.25, -0.2) is 14.1 Å². The fourth-order valence-electron chi connectivity index (χ4n) is 4.34. The molecule has 1 aliphatic rings. The smallest absolute Gasteiger partial charge is 0.247 e. The molecule has 0 radical (unpaired) electrons. The first kappa shape index (κ1) is 21.0. The number of para-hydroxylation sites is 2. The van der Waals surface area contributed by atoms with E-state index in [1.165, 1.54) is 16.8 Å². The Hall–Kier alpha value is -3.82. The zero-order valence-electron chi connectivity index (χ0n) is 18.4. The van der Waals surface area contributed by atoms with E-state index in [1.54, 1.807) is 13.0 Å². The van der Waals surface area contributed by atoms with Crippen molar-refractivity contribution in [1.29, 1.82) is 0 Å². The number of halogens is 1. The normalized spacial score (nSPS) is 15.6. The molecule has 0 saturated carbocycles. The van der Waals surface area contributed by atoms with Crippen molar-refractivity contribution in [3.63, 3.8) is 0 Å². The van der Waals surface area contributed by atoms with E-state index < -0.39 is 6.04 Å². The van der Waals surface area contributed by atoms with E-state index in [2.05, 4.69) is 25.4 Å². The Morgan fingerprint density at radius 2 is 2.00 bits per heavy atom. The molecule has 2 aromatic carbocycles. The maximum atomic E-state index is 13.8. The number of fused-ring (bicyclic) bond motifs is 1. The summed E-state index contributed by atoms with van der Waals surface area (Å²) in [4.78, 5) is 25.8. The zero-order valence-corrected chi connectivity index (χ0v) is 18.4. The Kier molecular flexibility index (Phi) is 5.72. The molecule has 0 aliphatic carbocycles. The van der Waals surface area contributed by atoms with Crippen molar-refractivity contribution in [2.75, 3.05) is 31.1 Å². The molecule has 1 unspecified atom stereocenters. The molecule has 1 amide bonds. The van der Waals surface area contributed by atoms with Crippen LogP contribution in [-0.4, -0.2) is 67.2 Å². The molecular weight excluding hydrogens is 423 g/mol. The minimum absolute atomic E-state index is 0.0684. The van der Waals surface area contributed by atoms with Crippen LogP contribution in [0.4, 0.5) is 10.3 Å². The standard InChI is InChI=1S/C23H25FN8O/c1-16-27-28-29-32(16)21(15-17-6-4-7-18(24)14-17)22(33)30-10-5-11-31(13-12-30)23-25-19-8-2-3-9-20(19)26-23/h2-4,6-9,14,21H,5,10-13,15H2,1H3,(H,25,26). The minimum atomic E-state index is -0.639. The number of nitrogens with zero attached hydrogens (tertiary/aromatic N) is 7. The molecule has 33 heavy (non-hydrogen) atoms. The fraction of sp³-hybridized carbons (Fsp3) is 0.348. The number of anilines is 1. The SMILES string of the molecule is Cc1nnnn1C(Cc1cccc(F)c1)C(=O)N1CCCN(c2nc3ccccc3[nH]2)CC1. The number of hydrogen-bond donors (Lipinski definition) is 1. The number of carbonyl (C=O) groups is 1. The fourth-order valence-corrected chi connectivity index (χ4v) is 4.34. The lowest BCUT2D eigenvalue weighted by molar-refractivity contribution is -0.135. The number of rotatable bonds is 5. The topological polar surface area (TPSA) is 95.8 Å². The lowest BCUT2D eigenvalue weighted by atomic mass is 10.0. The van der Waals surface area contributed by atoms with Gasteiger partial charge in [0.25, 0.3) is 0 Å². The van der Waals surface area contributed by atoms with Crippen LogP contribution in [0.5, 0.6) is 0 Å². The summed E-state index contributed by atoms with van der Waals surface area (Å²) in [5.74, 6) is 0.964. The van der Waals surface area contributed by atoms with Gasteiger partial charge in [0.1, 0.15) is 17.7 Å². The quantitative estimate of drug-likeness (QED) is 0.504. The largest absolute Gasteiger partial charge is 0.341 e. The van der Waals surface area contributed by atoms with Crippen LogP contribution in [0.15, 0.2) is 48.5 Å². The zero-order chi connectivity index (χ0) is 22.8. The molecule has 3 heterocycles. The van der Waals surface area contributed by atoms with Crippen molar-refractivity contribution in [3.8, 4) is 0 Å². The molecule has 1 fully saturated rings. The van der Waals surface area contributed by atoms with Crippen molar-refractivity contribution >= 4 is 22.9 Å². The van der Waals surface area contributed by atoms with Crippen molar-refractivity contribution in [2.24, 2.45) is 0 Å². The van der Waals surface area contributed by atoms with Crippen molar-refractivity contribution in [1.82, 2.24) is 35.1 Å². The van der Waals surface area contributed by atoms with E-state index in [9.17, 15) is 9.18 Å². The molecule has 0 bridgehead atoms. The van der Waals surface area contributed by atoms with Crippen LogP contribution in [0.25, 0.3) is 11.0 Å². The molecule has 1 N–H and O–H groups in total. The molecule has 1 aliphatic heterocycles. The highest BCUT2D eigenvalue weighted by Crippen LogP contribution is 2.22. The Balaban J connectivity index is 1.35. The van der Waals surface area contributed by atoms with E-state index in [0.29, 0.717) is 31.9 Å². The van der Waals surface area contributed by atoms with Gasteiger partial charge in [-0.15, -0.1) is 5.10 Å². The summed E-state index contributed by atoms with van der Waals surface area (Å²) in [6, 6.07) is 13.6. The Bertz CT molecular complexity index is 1240. The van der Waals surface area contributed by atoms with E-state index in [-0.39, 0.29) is 11.7 Å². The van der Waals surface area contributed by atoms with Gasteiger partial charge in [-0.1, -0.05) is 24.3 Å². The highest BCUT2D eigenvalue weighted by molar-refractivity contribution is 5.81. The summed E-state index contributed by atoms with van der Waals surface area (Å²) >= 11 is 0. The summed E-state index contributed by atoms with van der Waals surface area (Å²) in [5.41, 5.74) is 2.64. The number of imidazole rings is 1. The minimum Gasteiger partial charge on any atom is -0.341 e. The van der Waals surface area contributed by atoms with Gasteiger partial charge in [0, 0.05) is 32.6 Å². The number of aromatic nitrogens is 6. The molecular formula is C23H25FN8O. The number of aryl methyl sites for hydroxylation is 1. The average molecular weight is 449 g/mol. The van der Waals surface area contributed by atoms with Crippen LogP contribution in [0.1, 0.15) is 23.9 Å². The molecule has 170 valence electrons. The van der Waals surface area contributed by atoms with Crippen LogP contribution in [-0.2, 0) is 11.2 Å². The molecule has 10 heteroatoms. The van der Waals surface area contributed by atoms with Crippen LogP contribution in [0, 0.1) is 12.7 Å². The third kappa shape index (κ3) is 4.41. The van der Waals surface area contributed by atoms with Crippen molar-refractivity contribution in [3.05, 3.63) is 65.7 Å². The van der Waals surface area contributed by atoms with Crippen LogP contribution in [0.3, 0.4) is 0 Å². The molecule has 1 saturated heterocycles. The lowest BCUT2D eigenvalue weighted by Crippen LogP contribution is -2.41. The lowest BCUT2D eigenvalue weighted by Gasteiger charge is -2.26. The van der Waals surface area contributed by atoms with E-state index in [0.717, 1.165) is 35.5 Å². The van der Waals surface area contributed by atoms with Crippen LogP contribution in [0.2, 0.25) is 0 Å². The van der Waals surface area contributed by atoms with Crippen molar-refractivity contribution in [2.45, 2.75) is 25.8 Å². The summed E-state index contributed by atoms with van der Waals surface area (Å²) in [6.45, 7) is 4.39. The highest BCUT2D eigenvalue weighted by Gasteiger charge is 2.30. The second-order valence-corrected chi connectivity index (χ2v) is 8.26. The summed E-state index contributed by atoms with van der Waals surface area (Å²) < 4.78 is 15.3. The van der Waals surface area contributed by atoms with Gasteiger partial charge in [0.2, 0.25) is 11.9 Å². The van der Waals surface area contributed by atoms with E-state index >= 15 is 0 Å². The Labute approximate surface area is 190 Å². The maximum Gasteiger partial charge on any atom is 0.247 e. The second kappa shape index (κ2) is 8.97. The molecule has 0 spiro atoms. The van der Waals surface area contributed by atoms with Gasteiger partial charge in [0.15, 0.2) is 0 Å². The first-order valence-corrected chi connectivity index (χ1v) is 11.1. The van der Waals surface area contributed by atoms with Gasteiger partial charge in [0.05, 0.1) is 11.0 Å². The number of tetrazole rings is 1. The third-order valence-corrected chi connectivity index (χ3v) is 6.04. The van der Waals surface area contributed by atoms with Crippen LogP contribution >= 0.6 is 0 Å². The van der Waals surface area contributed by atoms with Gasteiger partial charge >= 0.3 is 0 Å². The number of nitrogens with one attached hydrogen (secondary N) is 1. The molecule has 4 aromatic rings. The monoisotopic (exact) mass is 448 g/mol. The van der Waals surface area contributed by atoms with Gasteiger partial charge < -0.3 is 14.8 Å². The predicted octanol–water partition coefficient (Wildman–Crippen LogP) is 2.52. The van der Waals surface area contributed by atoms with Gasteiger partial charge in [-0.3, -0.25) is 4.79 Å². The molecule has 2 aromatic heterocycles. The number of benzene rings is 2. The third-order valence-electron chi connectivity index (χ3n) is 6.04. The average Bonchev–Trinajstić information content (AvgIpc) is 3.35. The first-order valence-electron chi connectivity index (χ1n) is 11.1. The second-order valence-electron chi connectivity index (χ2n) is 8.26. The van der Waals surface area contributed by atoms with Gasteiger partial charge in [-0.05, 0) is 53.6 Å². The number of H-pyrrole nitrogens is 1. The summed E-state index contributed by atoms with van der Waals surface area (Å²) in [6.07, 6.45) is 1.12. The summed E-state index contributed by atoms with van der Waals surface area (Å²) in [5, 5.41) is 11.7. The molecule has 5 rings (SSSR count). The maximum absolute atomic E-state index is 13.8. The number of hydrogen-bond acceptors (Lipinski definition) is 6. The van der Waals surface area contributed by atoms with Gasteiger partial charge in [-0.2, -0.15) is 0 Å². The highest BCUT2D eigenvalue weighted by atomic mass is 19.1. The van der Waals surface area contributed by atoms with E-state index in [1.807, 2.05) is 35.2 Å². The predicted molar refractivity (Wildman–Crippen MR) is 121 cm³/mol. The first-order chi connectivity index (χ1) is 16.1. The van der Waals surface area contributed by atoms with E-state index in [4.69, 9.17) is 4.98 Å². The Morgan fingerprint density at radius 1 is 1.12 bits per heavy atom. The summed E-state index contributed by atoms with van der Waals surface area (Å²) in [7, 11) is 0. The molecule has 1 atom stereocenters. The molecule has 9 nitrogen and oxygen atoms in total. The number of amides is 1.